The lowest BCUT2D eigenvalue weighted by Crippen LogP contribution is -2.19. The molecule has 0 aromatic carbocycles. The summed E-state index contributed by atoms with van der Waals surface area (Å²) in [6.07, 6.45) is 0.434. The Balaban J connectivity index is 1.78. The molecule has 0 saturated carbocycles. The van der Waals surface area contributed by atoms with E-state index in [1.54, 1.807) is 0 Å². The summed E-state index contributed by atoms with van der Waals surface area (Å²) in [4.78, 5) is 23.5. The number of nitrogens with zero attached hydrogens (tertiary/aromatic N) is 2. The molecule has 2 heterocycles. The van der Waals surface area contributed by atoms with Crippen LogP contribution in [0.1, 0.15) is 26.7 Å². The van der Waals surface area contributed by atoms with Gasteiger partial charge >= 0.3 is 5.97 Å². The highest BCUT2D eigenvalue weighted by molar-refractivity contribution is 7.13. The molecule has 1 aliphatic heterocycles. The number of hydrogen-bond donors (Lipinski definition) is 1. The van der Waals surface area contributed by atoms with Crippen LogP contribution in [0.3, 0.4) is 0 Å². The van der Waals surface area contributed by atoms with Gasteiger partial charge in [0.1, 0.15) is 11.6 Å². The van der Waals surface area contributed by atoms with Crippen molar-refractivity contribution in [2.45, 2.75) is 38.9 Å². The maximum absolute atomic E-state index is 11.8. The molecule has 1 aromatic rings. The minimum atomic E-state index is -0.413. The van der Waals surface area contributed by atoms with Gasteiger partial charge in [-0.15, -0.1) is 10.2 Å². The number of anilines is 1. The van der Waals surface area contributed by atoms with Crippen LogP contribution in [0.2, 0.25) is 0 Å². The summed E-state index contributed by atoms with van der Waals surface area (Å²) in [7, 11) is 0. The van der Waals surface area contributed by atoms with E-state index in [0.717, 1.165) is 0 Å². The van der Waals surface area contributed by atoms with Crippen molar-refractivity contribution in [3.8, 4) is 0 Å². The van der Waals surface area contributed by atoms with Gasteiger partial charge in [-0.3, -0.25) is 9.59 Å². The van der Waals surface area contributed by atoms with Crippen LogP contribution in [-0.2, 0) is 19.1 Å². The van der Waals surface area contributed by atoms with Crippen molar-refractivity contribution in [2.24, 2.45) is 5.92 Å². The molecule has 7 nitrogen and oxygen atoms in total. The van der Waals surface area contributed by atoms with E-state index in [4.69, 9.17) is 9.47 Å². The second-order valence-corrected chi connectivity index (χ2v) is 5.70. The minimum Gasteiger partial charge on any atom is -0.460 e. The Morgan fingerprint density at radius 2 is 2.45 bits per heavy atom. The van der Waals surface area contributed by atoms with Crippen molar-refractivity contribution in [3.05, 3.63) is 5.51 Å². The van der Waals surface area contributed by atoms with E-state index >= 15 is 0 Å². The van der Waals surface area contributed by atoms with Crippen LogP contribution < -0.4 is 5.32 Å². The van der Waals surface area contributed by atoms with Gasteiger partial charge in [0.2, 0.25) is 11.0 Å². The van der Waals surface area contributed by atoms with Gasteiger partial charge in [0, 0.05) is 12.8 Å². The molecule has 1 saturated heterocycles. The van der Waals surface area contributed by atoms with Crippen molar-refractivity contribution in [2.75, 3.05) is 11.9 Å². The van der Waals surface area contributed by atoms with Gasteiger partial charge < -0.3 is 14.8 Å². The number of rotatable bonds is 6. The van der Waals surface area contributed by atoms with Gasteiger partial charge in [-0.2, -0.15) is 0 Å². The topological polar surface area (TPSA) is 90.4 Å². The van der Waals surface area contributed by atoms with Crippen molar-refractivity contribution in [3.63, 3.8) is 0 Å². The first-order valence-electron chi connectivity index (χ1n) is 6.42. The van der Waals surface area contributed by atoms with Gasteiger partial charge in [0.15, 0.2) is 0 Å². The van der Waals surface area contributed by atoms with Gasteiger partial charge in [0.05, 0.1) is 18.6 Å². The van der Waals surface area contributed by atoms with E-state index in [1.807, 2.05) is 13.8 Å². The Morgan fingerprint density at radius 3 is 3.10 bits per heavy atom. The minimum absolute atomic E-state index is 0.0912. The molecule has 1 N–H and O–H groups in total. The zero-order valence-electron chi connectivity index (χ0n) is 11.4. The Hall–Kier alpha value is -1.54. The van der Waals surface area contributed by atoms with Crippen LogP contribution in [0, 0.1) is 5.92 Å². The SMILES string of the molecule is CC(C)OC[C@@H]1C[C@@H](CC(=O)Nc2nncs2)C(=O)O1. The summed E-state index contributed by atoms with van der Waals surface area (Å²) in [5.74, 6) is -1.01. The highest BCUT2D eigenvalue weighted by atomic mass is 32.1. The number of esters is 1. The van der Waals surface area contributed by atoms with Crippen LogP contribution in [-0.4, -0.2) is 40.9 Å². The van der Waals surface area contributed by atoms with Gasteiger partial charge in [0.25, 0.3) is 0 Å². The lowest BCUT2D eigenvalue weighted by Gasteiger charge is -2.11. The molecular weight excluding hydrogens is 282 g/mol. The molecule has 1 amide bonds. The third kappa shape index (κ3) is 4.24. The lowest BCUT2D eigenvalue weighted by molar-refractivity contribution is -0.147. The predicted molar refractivity (Wildman–Crippen MR) is 72.2 cm³/mol. The number of hydrogen-bond acceptors (Lipinski definition) is 7. The Kier molecular flexibility index (Phi) is 5.02. The molecule has 0 unspecified atom stereocenters. The number of nitrogens with one attached hydrogen (secondary N) is 1. The van der Waals surface area contributed by atoms with Crippen LogP contribution in [0.15, 0.2) is 5.51 Å². The van der Waals surface area contributed by atoms with E-state index in [-0.39, 0.29) is 30.5 Å². The summed E-state index contributed by atoms with van der Waals surface area (Å²) in [5.41, 5.74) is 1.53. The van der Waals surface area contributed by atoms with E-state index in [1.165, 1.54) is 16.8 Å². The first-order valence-corrected chi connectivity index (χ1v) is 7.30. The van der Waals surface area contributed by atoms with E-state index < -0.39 is 5.92 Å². The summed E-state index contributed by atoms with van der Waals surface area (Å²) < 4.78 is 10.6. The predicted octanol–water partition coefficient (Wildman–Crippen LogP) is 1.22. The highest BCUT2D eigenvalue weighted by Gasteiger charge is 2.36. The molecule has 2 rings (SSSR count). The molecule has 8 heteroatoms. The van der Waals surface area contributed by atoms with Crippen LogP contribution in [0.5, 0.6) is 0 Å². The number of carbonyl (C=O) groups is 2. The number of amides is 1. The van der Waals surface area contributed by atoms with Crippen molar-refractivity contribution in [1.82, 2.24) is 10.2 Å². The smallest absolute Gasteiger partial charge is 0.309 e. The molecule has 0 bridgehead atoms. The van der Waals surface area contributed by atoms with E-state index in [2.05, 4.69) is 15.5 Å². The monoisotopic (exact) mass is 299 g/mol. The second kappa shape index (κ2) is 6.76. The molecule has 1 aromatic heterocycles. The largest absolute Gasteiger partial charge is 0.460 e. The fraction of sp³-hybridized carbons (Fsp3) is 0.667. The number of carbonyl (C=O) groups excluding carboxylic acids is 2. The fourth-order valence-electron chi connectivity index (χ4n) is 1.91. The normalized spacial score (nSPS) is 22.1. The quantitative estimate of drug-likeness (QED) is 0.794. The third-order valence-electron chi connectivity index (χ3n) is 2.82. The summed E-state index contributed by atoms with van der Waals surface area (Å²) in [6, 6.07) is 0. The van der Waals surface area contributed by atoms with Crippen molar-refractivity contribution < 1.29 is 19.1 Å². The Labute approximate surface area is 120 Å². The third-order valence-corrected chi connectivity index (χ3v) is 3.42. The van der Waals surface area contributed by atoms with Gasteiger partial charge in [-0.25, -0.2) is 0 Å². The number of aromatic nitrogens is 2. The number of cyclic esters (lactones) is 1. The van der Waals surface area contributed by atoms with Gasteiger partial charge in [-0.05, 0) is 13.8 Å². The lowest BCUT2D eigenvalue weighted by atomic mass is 10.0. The molecule has 20 heavy (non-hydrogen) atoms. The molecule has 0 spiro atoms. The zero-order valence-corrected chi connectivity index (χ0v) is 12.2. The Morgan fingerprint density at radius 1 is 1.65 bits per heavy atom. The summed E-state index contributed by atoms with van der Waals surface area (Å²) in [6.45, 7) is 4.21. The zero-order chi connectivity index (χ0) is 14.5. The molecule has 1 fully saturated rings. The maximum atomic E-state index is 11.8. The number of ether oxygens (including phenoxy) is 2. The molecule has 0 aliphatic carbocycles. The summed E-state index contributed by atoms with van der Waals surface area (Å²) >= 11 is 1.23. The van der Waals surface area contributed by atoms with Gasteiger partial charge in [-0.1, -0.05) is 11.3 Å². The van der Waals surface area contributed by atoms with E-state index in [0.29, 0.717) is 18.2 Å². The van der Waals surface area contributed by atoms with Crippen LogP contribution in [0.4, 0.5) is 5.13 Å². The molecule has 110 valence electrons. The standard InChI is InChI=1S/C12H17N3O4S/c1-7(2)18-5-9-3-8(11(17)19-9)4-10(16)14-12-15-13-6-20-12/h6-9H,3-5H2,1-2H3,(H,14,15,16)/t8-,9-/m0/s1. The second-order valence-electron chi connectivity index (χ2n) is 4.87. The molecular formula is C12H17N3O4S. The van der Waals surface area contributed by atoms with Crippen molar-refractivity contribution in [1.29, 1.82) is 0 Å². The highest BCUT2D eigenvalue weighted by Crippen LogP contribution is 2.25. The average molecular weight is 299 g/mol. The van der Waals surface area contributed by atoms with Crippen molar-refractivity contribution >= 4 is 28.3 Å². The summed E-state index contributed by atoms with van der Waals surface area (Å²) in [5, 5.41) is 10.4. The van der Waals surface area contributed by atoms with E-state index in [9.17, 15) is 9.59 Å². The fourth-order valence-corrected chi connectivity index (χ4v) is 2.37. The Bertz CT molecular complexity index is 463. The van der Waals surface area contributed by atoms with Crippen LogP contribution in [0.25, 0.3) is 0 Å². The molecule has 1 aliphatic rings. The average Bonchev–Trinajstić information content (AvgIpc) is 2.98. The first kappa shape index (κ1) is 14.9. The maximum Gasteiger partial charge on any atom is 0.309 e. The molecule has 0 radical (unpaired) electrons. The first-order chi connectivity index (χ1) is 9.54. The van der Waals surface area contributed by atoms with Crippen LogP contribution >= 0.6 is 11.3 Å². The molecule has 2 atom stereocenters.